The van der Waals surface area contributed by atoms with E-state index in [-0.39, 0.29) is 6.10 Å². The van der Waals surface area contributed by atoms with Crippen molar-refractivity contribution in [1.29, 1.82) is 0 Å². The smallest absolute Gasteiger partial charge is 0.0570 e. The van der Waals surface area contributed by atoms with Gasteiger partial charge in [-0.15, -0.1) is 0 Å². The Morgan fingerprint density at radius 3 is 2.53 bits per heavy atom. The number of hydrogen-bond donors (Lipinski definition) is 2. The first-order valence-corrected chi connectivity index (χ1v) is 6.76. The topological polar surface area (TPSA) is 32.3 Å². The maximum Gasteiger partial charge on any atom is 0.0570 e. The molecule has 0 spiro atoms. The van der Waals surface area contributed by atoms with Gasteiger partial charge in [0, 0.05) is 17.1 Å². The number of rotatable bonds is 5. The molecule has 3 heteroatoms. The van der Waals surface area contributed by atoms with Crippen molar-refractivity contribution < 1.29 is 5.11 Å². The van der Waals surface area contributed by atoms with Crippen molar-refractivity contribution in [2.45, 2.75) is 50.8 Å². The van der Waals surface area contributed by atoms with Crippen molar-refractivity contribution >= 4 is 11.6 Å². The van der Waals surface area contributed by atoms with Crippen LogP contribution in [0.4, 0.5) is 0 Å². The standard InChI is InChI=1S/C14H20ClNO/c1-2-3-14(16-12-8-13(17)9-12)10-4-6-11(15)7-5-10/h4-7,12-14,16-17H,2-3,8-9H2,1H3. The van der Waals surface area contributed by atoms with Crippen LogP contribution in [0.15, 0.2) is 24.3 Å². The predicted molar refractivity (Wildman–Crippen MR) is 71.3 cm³/mol. The van der Waals surface area contributed by atoms with Crippen molar-refractivity contribution in [2.75, 3.05) is 0 Å². The maximum atomic E-state index is 9.31. The van der Waals surface area contributed by atoms with Crippen molar-refractivity contribution in [3.8, 4) is 0 Å². The number of benzene rings is 1. The van der Waals surface area contributed by atoms with Crippen molar-refractivity contribution in [3.63, 3.8) is 0 Å². The van der Waals surface area contributed by atoms with Gasteiger partial charge in [0.05, 0.1) is 6.10 Å². The molecule has 0 amide bonds. The summed E-state index contributed by atoms with van der Waals surface area (Å²) >= 11 is 5.90. The Bertz CT molecular complexity index is 346. The van der Waals surface area contributed by atoms with Crippen LogP contribution in [0.2, 0.25) is 5.02 Å². The molecule has 1 unspecified atom stereocenters. The van der Waals surface area contributed by atoms with Gasteiger partial charge in [-0.3, -0.25) is 0 Å². The number of nitrogens with one attached hydrogen (secondary N) is 1. The molecular weight excluding hydrogens is 234 g/mol. The molecule has 0 heterocycles. The molecule has 0 bridgehead atoms. The second-order valence-electron chi connectivity index (χ2n) is 4.88. The summed E-state index contributed by atoms with van der Waals surface area (Å²) in [5.74, 6) is 0. The highest BCUT2D eigenvalue weighted by Gasteiger charge is 2.28. The Hall–Kier alpha value is -0.570. The van der Waals surface area contributed by atoms with Crippen LogP contribution >= 0.6 is 11.6 Å². The maximum absolute atomic E-state index is 9.31. The normalized spacial score (nSPS) is 25.4. The minimum Gasteiger partial charge on any atom is -0.393 e. The van der Waals surface area contributed by atoms with Gasteiger partial charge in [0.25, 0.3) is 0 Å². The van der Waals surface area contributed by atoms with Gasteiger partial charge in [0.1, 0.15) is 0 Å². The van der Waals surface area contributed by atoms with Crippen LogP contribution < -0.4 is 5.32 Å². The molecule has 1 aliphatic rings. The Labute approximate surface area is 108 Å². The van der Waals surface area contributed by atoms with E-state index in [1.807, 2.05) is 12.1 Å². The van der Waals surface area contributed by atoms with E-state index in [1.165, 1.54) is 5.56 Å². The van der Waals surface area contributed by atoms with E-state index >= 15 is 0 Å². The summed E-state index contributed by atoms with van der Waals surface area (Å²) in [5.41, 5.74) is 1.29. The molecule has 2 N–H and O–H groups in total. The van der Waals surface area contributed by atoms with Crippen molar-refractivity contribution in [3.05, 3.63) is 34.9 Å². The minimum atomic E-state index is -0.0972. The molecule has 0 radical (unpaired) electrons. The average molecular weight is 254 g/mol. The molecule has 1 atom stereocenters. The van der Waals surface area contributed by atoms with E-state index in [0.717, 1.165) is 30.7 Å². The molecule has 1 aromatic rings. The van der Waals surface area contributed by atoms with Crippen LogP contribution in [0.5, 0.6) is 0 Å². The van der Waals surface area contributed by atoms with Gasteiger partial charge in [-0.05, 0) is 37.0 Å². The first-order valence-electron chi connectivity index (χ1n) is 6.38. The summed E-state index contributed by atoms with van der Waals surface area (Å²) in [5, 5.41) is 13.7. The summed E-state index contributed by atoms with van der Waals surface area (Å²) in [7, 11) is 0. The number of halogens is 1. The Balaban J connectivity index is 1.98. The van der Waals surface area contributed by atoms with E-state index in [9.17, 15) is 5.11 Å². The highest BCUT2D eigenvalue weighted by Crippen LogP contribution is 2.26. The molecule has 1 aliphatic carbocycles. The molecule has 94 valence electrons. The van der Waals surface area contributed by atoms with Gasteiger partial charge in [0.15, 0.2) is 0 Å². The molecule has 0 aromatic heterocycles. The van der Waals surface area contributed by atoms with Crippen LogP contribution in [0.3, 0.4) is 0 Å². The van der Waals surface area contributed by atoms with Crippen LogP contribution in [0, 0.1) is 0 Å². The molecule has 1 aromatic carbocycles. The Kier molecular flexibility index (Phi) is 4.43. The largest absolute Gasteiger partial charge is 0.393 e. The van der Waals surface area contributed by atoms with Crippen LogP contribution in [0.25, 0.3) is 0 Å². The molecule has 0 aliphatic heterocycles. The molecular formula is C14H20ClNO. The van der Waals surface area contributed by atoms with Gasteiger partial charge in [-0.2, -0.15) is 0 Å². The van der Waals surface area contributed by atoms with E-state index in [0.29, 0.717) is 12.1 Å². The van der Waals surface area contributed by atoms with Gasteiger partial charge in [0.2, 0.25) is 0 Å². The van der Waals surface area contributed by atoms with E-state index in [2.05, 4.69) is 24.4 Å². The summed E-state index contributed by atoms with van der Waals surface area (Å²) in [6.45, 7) is 2.19. The Morgan fingerprint density at radius 1 is 1.35 bits per heavy atom. The van der Waals surface area contributed by atoms with E-state index in [4.69, 9.17) is 11.6 Å². The second-order valence-corrected chi connectivity index (χ2v) is 5.32. The average Bonchev–Trinajstić information content (AvgIpc) is 2.27. The predicted octanol–water partition coefficient (Wildman–Crippen LogP) is 3.29. The lowest BCUT2D eigenvalue weighted by Gasteiger charge is -2.35. The number of aliphatic hydroxyl groups is 1. The van der Waals surface area contributed by atoms with E-state index < -0.39 is 0 Å². The first-order chi connectivity index (χ1) is 8.19. The molecule has 2 rings (SSSR count). The molecule has 0 saturated heterocycles. The van der Waals surface area contributed by atoms with Gasteiger partial charge < -0.3 is 10.4 Å². The fourth-order valence-electron chi connectivity index (χ4n) is 2.34. The molecule has 17 heavy (non-hydrogen) atoms. The third-order valence-corrected chi connectivity index (χ3v) is 3.65. The monoisotopic (exact) mass is 253 g/mol. The first kappa shape index (κ1) is 12.9. The lowest BCUT2D eigenvalue weighted by Crippen LogP contribution is -2.45. The summed E-state index contributed by atoms with van der Waals surface area (Å²) in [6, 6.07) is 8.91. The highest BCUT2D eigenvalue weighted by molar-refractivity contribution is 6.30. The fourth-order valence-corrected chi connectivity index (χ4v) is 2.46. The van der Waals surface area contributed by atoms with Crippen molar-refractivity contribution in [1.82, 2.24) is 5.32 Å². The molecule has 2 nitrogen and oxygen atoms in total. The quantitative estimate of drug-likeness (QED) is 0.844. The third kappa shape index (κ3) is 3.44. The zero-order valence-electron chi connectivity index (χ0n) is 10.2. The van der Waals surface area contributed by atoms with Crippen LogP contribution in [-0.4, -0.2) is 17.3 Å². The lowest BCUT2D eigenvalue weighted by molar-refractivity contribution is 0.0570. The fraction of sp³-hybridized carbons (Fsp3) is 0.571. The third-order valence-electron chi connectivity index (χ3n) is 3.40. The minimum absolute atomic E-state index is 0.0972. The lowest BCUT2D eigenvalue weighted by atomic mass is 9.88. The highest BCUT2D eigenvalue weighted by atomic mass is 35.5. The second kappa shape index (κ2) is 5.85. The van der Waals surface area contributed by atoms with Crippen LogP contribution in [0.1, 0.15) is 44.2 Å². The molecule has 1 saturated carbocycles. The van der Waals surface area contributed by atoms with Crippen LogP contribution in [-0.2, 0) is 0 Å². The van der Waals surface area contributed by atoms with Gasteiger partial charge >= 0.3 is 0 Å². The number of aliphatic hydroxyl groups excluding tert-OH is 1. The van der Waals surface area contributed by atoms with Gasteiger partial charge in [-0.25, -0.2) is 0 Å². The van der Waals surface area contributed by atoms with Crippen molar-refractivity contribution in [2.24, 2.45) is 0 Å². The summed E-state index contributed by atoms with van der Waals surface area (Å²) in [4.78, 5) is 0. The summed E-state index contributed by atoms with van der Waals surface area (Å²) < 4.78 is 0. The zero-order chi connectivity index (χ0) is 12.3. The zero-order valence-corrected chi connectivity index (χ0v) is 11.0. The molecule has 1 fully saturated rings. The van der Waals surface area contributed by atoms with Gasteiger partial charge in [-0.1, -0.05) is 37.1 Å². The SMILES string of the molecule is CCCC(NC1CC(O)C1)c1ccc(Cl)cc1. The summed E-state index contributed by atoms with van der Waals surface area (Å²) in [6.07, 6.45) is 3.94. The Morgan fingerprint density at radius 2 is 2.00 bits per heavy atom. The van der Waals surface area contributed by atoms with E-state index in [1.54, 1.807) is 0 Å². The number of hydrogen-bond acceptors (Lipinski definition) is 2.